The van der Waals surface area contributed by atoms with Gasteiger partial charge in [-0.2, -0.15) is 0 Å². The van der Waals surface area contributed by atoms with E-state index in [1.54, 1.807) is 30.5 Å². The van der Waals surface area contributed by atoms with E-state index in [0.29, 0.717) is 22.2 Å². The quantitative estimate of drug-likeness (QED) is 0.753. The molecule has 7 heteroatoms. The van der Waals surface area contributed by atoms with E-state index in [2.05, 4.69) is 10.3 Å². The van der Waals surface area contributed by atoms with Gasteiger partial charge in [0.15, 0.2) is 5.13 Å². The van der Waals surface area contributed by atoms with E-state index < -0.39 is 10.8 Å². The lowest BCUT2D eigenvalue weighted by molar-refractivity contribution is 0.102. The number of hydrogen-bond acceptors (Lipinski definition) is 5. The van der Waals surface area contributed by atoms with Crippen molar-refractivity contribution in [1.82, 2.24) is 4.98 Å². The van der Waals surface area contributed by atoms with E-state index in [4.69, 9.17) is 4.74 Å². The maximum Gasteiger partial charge on any atom is 0.257 e. The number of carbonyl (C=O) groups excluding carboxylic acids is 1. The highest BCUT2D eigenvalue weighted by Crippen LogP contribution is 2.29. The molecule has 3 aromatic rings. The number of anilines is 1. The van der Waals surface area contributed by atoms with Crippen molar-refractivity contribution in [3.05, 3.63) is 48.0 Å². The van der Waals surface area contributed by atoms with Gasteiger partial charge in [0.05, 0.1) is 16.8 Å². The lowest BCUT2D eigenvalue weighted by atomic mass is 10.2. The van der Waals surface area contributed by atoms with Gasteiger partial charge in [0.2, 0.25) is 0 Å². The zero-order chi connectivity index (χ0) is 17.1. The van der Waals surface area contributed by atoms with E-state index in [1.165, 1.54) is 11.3 Å². The second kappa shape index (κ2) is 7.11. The Morgan fingerprint density at radius 3 is 2.67 bits per heavy atom. The average Bonchev–Trinajstić information content (AvgIpc) is 2.96. The maximum atomic E-state index is 12.3. The van der Waals surface area contributed by atoms with Crippen LogP contribution in [0.25, 0.3) is 10.2 Å². The number of thiazole rings is 1. The Balaban J connectivity index is 1.78. The maximum absolute atomic E-state index is 12.3. The predicted molar refractivity (Wildman–Crippen MR) is 97.5 cm³/mol. The van der Waals surface area contributed by atoms with Gasteiger partial charge in [-0.05, 0) is 49.4 Å². The molecule has 1 N–H and O–H groups in total. The fraction of sp³-hybridized carbons (Fsp3) is 0.176. The molecule has 24 heavy (non-hydrogen) atoms. The summed E-state index contributed by atoms with van der Waals surface area (Å²) < 4.78 is 17.8. The summed E-state index contributed by atoms with van der Waals surface area (Å²) in [5.74, 6) is 0.544. The van der Waals surface area contributed by atoms with Crippen LogP contribution in [0.1, 0.15) is 17.3 Å². The summed E-state index contributed by atoms with van der Waals surface area (Å²) >= 11 is 1.40. The molecule has 1 heterocycles. The number of carbonyl (C=O) groups is 1. The molecule has 0 bridgehead atoms. The van der Waals surface area contributed by atoms with Crippen LogP contribution < -0.4 is 10.1 Å². The van der Waals surface area contributed by atoms with Gasteiger partial charge in [-0.1, -0.05) is 11.3 Å². The molecule has 1 amide bonds. The van der Waals surface area contributed by atoms with E-state index >= 15 is 0 Å². The summed E-state index contributed by atoms with van der Waals surface area (Å²) in [4.78, 5) is 17.4. The third-order valence-corrected chi connectivity index (χ3v) is 5.21. The van der Waals surface area contributed by atoms with Crippen molar-refractivity contribution in [3.8, 4) is 5.75 Å². The Labute approximate surface area is 146 Å². The molecule has 5 nitrogen and oxygen atoms in total. The van der Waals surface area contributed by atoms with Crippen LogP contribution in [0.2, 0.25) is 0 Å². The smallest absolute Gasteiger partial charge is 0.257 e. The molecule has 2 aromatic carbocycles. The first-order valence-corrected chi connectivity index (χ1v) is 9.72. The summed E-state index contributed by atoms with van der Waals surface area (Å²) in [6.45, 7) is 2.54. The normalized spacial score (nSPS) is 12.1. The predicted octanol–water partition coefficient (Wildman–Crippen LogP) is 3.68. The molecule has 0 fully saturated rings. The third-order valence-electron chi connectivity index (χ3n) is 3.34. The Bertz CT molecular complexity index is 904. The lowest BCUT2D eigenvalue weighted by Crippen LogP contribution is -2.11. The standard InChI is InChI=1S/C17H16N2O3S2/c1-3-22-12-6-9-14-15(10-12)23-17(18-14)19-16(20)11-4-7-13(8-5-11)24(2)21/h4-10H,3H2,1-2H3,(H,18,19,20). The number of fused-ring (bicyclic) bond motifs is 1. The molecular weight excluding hydrogens is 344 g/mol. The van der Waals surface area contributed by atoms with Crippen LogP contribution >= 0.6 is 11.3 Å². The van der Waals surface area contributed by atoms with E-state index in [9.17, 15) is 9.00 Å². The first kappa shape index (κ1) is 16.6. The average molecular weight is 360 g/mol. The highest BCUT2D eigenvalue weighted by Gasteiger charge is 2.11. The number of nitrogens with zero attached hydrogens (tertiary/aromatic N) is 1. The molecular formula is C17H16N2O3S2. The van der Waals surface area contributed by atoms with E-state index in [0.717, 1.165) is 16.0 Å². The van der Waals surface area contributed by atoms with Crippen LogP contribution in [0.4, 0.5) is 5.13 Å². The Morgan fingerprint density at radius 2 is 2.00 bits per heavy atom. The minimum atomic E-state index is -1.06. The number of rotatable bonds is 5. The summed E-state index contributed by atoms with van der Waals surface area (Å²) in [7, 11) is -1.06. The highest BCUT2D eigenvalue weighted by atomic mass is 32.2. The molecule has 0 saturated carbocycles. The van der Waals surface area contributed by atoms with Crippen LogP contribution in [0, 0.1) is 0 Å². The molecule has 0 aliphatic carbocycles. The number of hydrogen-bond donors (Lipinski definition) is 1. The highest BCUT2D eigenvalue weighted by molar-refractivity contribution is 7.84. The van der Waals surface area contributed by atoms with Crippen molar-refractivity contribution in [2.75, 3.05) is 18.2 Å². The van der Waals surface area contributed by atoms with Crippen LogP contribution in [0.5, 0.6) is 5.75 Å². The molecule has 1 aromatic heterocycles. The molecule has 0 radical (unpaired) electrons. The van der Waals surface area contributed by atoms with E-state index in [-0.39, 0.29) is 5.91 Å². The monoisotopic (exact) mass is 360 g/mol. The van der Waals surface area contributed by atoms with Gasteiger partial charge in [-0.15, -0.1) is 0 Å². The third kappa shape index (κ3) is 3.63. The van der Waals surface area contributed by atoms with Gasteiger partial charge in [0, 0.05) is 27.5 Å². The Hall–Kier alpha value is -2.25. The number of benzene rings is 2. The zero-order valence-electron chi connectivity index (χ0n) is 13.2. The Kier molecular flexibility index (Phi) is 4.92. The minimum Gasteiger partial charge on any atom is -0.494 e. The summed E-state index contributed by atoms with van der Waals surface area (Å²) in [6.07, 6.45) is 1.60. The van der Waals surface area contributed by atoms with Gasteiger partial charge in [-0.25, -0.2) is 4.98 Å². The molecule has 3 rings (SSSR count). The largest absolute Gasteiger partial charge is 0.494 e. The van der Waals surface area contributed by atoms with Gasteiger partial charge in [0.25, 0.3) is 5.91 Å². The molecule has 0 aliphatic rings. The second-order valence-corrected chi connectivity index (χ2v) is 7.42. The van der Waals surface area contributed by atoms with Gasteiger partial charge >= 0.3 is 0 Å². The molecule has 124 valence electrons. The zero-order valence-corrected chi connectivity index (χ0v) is 14.9. The minimum absolute atomic E-state index is 0.243. The van der Waals surface area contributed by atoms with Crippen molar-refractivity contribution >= 4 is 43.4 Å². The summed E-state index contributed by atoms with van der Waals surface area (Å²) in [6, 6.07) is 12.4. The SMILES string of the molecule is CCOc1ccc2nc(NC(=O)c3ccc(S(C)=O)cc3)sc2c1. The first-order valence-electron chi connectivity index (χ1n) is 7.35. The topological polar surface area (TPSA) is 68.3 Å². The van der Waals surface area contributed by atoms with Crippen molar-refractivity contribution in [2.45, 2.75) is 11.8 Å². The molecule has 0 saturated heterocycles. The first-order chi connectivity index (χ1) is 11.6. The Morgan fingerprint density at radius 1 is 1.25 bits per heavy atom. The van der Waals surface area contributed by atoms with Crippen LogP contribution in [0.15, 0.2) is 47.4 Å². The van der Waals surface area contributed by atoms with Crippen LogP contribution in [0.3, 0.4) is 0 Å². The van der Waals surface area contributed by atoms with Crippen LogP contribution in [-0.4, -0.2) is 28.0 Å². The molecule has 1 atom stereocenters. The van der Waals surface area contributed by atoms with Gasteiger partial charge in [-0.3, -0.25) is 14.3 Å². The van der Waals surface area contributed by atoms with Crippen LogP contribution in [-0.2, 0) is 10.8 Å². The van der Waals surface area contributed by atoms with Crippen molar-refractivity contribution in [3.63, 3.8) is 0 Å². The summed E-state index contributed by atoms with van der Waals surface area (Å²) in [5, 5.41) is 3.33. The second-order valence-electron chi connectivity index (χ2n) is 5.01. The lowest BCUT2D eigenvalue weighted by Gasteiger charge is -2.02. The van der Waals surface area contributed by atoms with Gasteiger partial charge < -0.3 is 4.74 Å². The van der Waals surface area contributed by atoms with Crippen molar-refractivity contribution < 1.29 is 13.7 Å². The van der Waals surface area contributed by atoms with Crippen molar-refractivity contribution in [2.24, 2.45) is 0 Å². The number of aromatic nitrogens is 1. The molecule has 1 unspecified atom stereocenters. The number of nitrogens with one attached hydrogen (secondary N) is 1. The summed E-state index contributed by atoms with van der Waals surface area (Å²) in [5.41, 5.74) is 1.31. The molecule has 0 spiro atoms. The fourth-order valence-electron chi connectivity index (χ4n) is 2.18. The number of amides is 1. The fourth-order valence-corrected chi connectivity index (χ4v) is 3.59. The van der Waals surface area contributed by atoms with E-state index in [1.807, 2.05) is 25.1 Å². The van der Waals surface area contributed by atoms with Gasteiger partial charge in [0.1, 0.15) is 5.75 Å². The van der Waals surface area contributed by atoms with Crippen molar-refractivity contribution in [1.29, 1.82) is 0 Å². The number of ether oxygens (including phenoxy) is 1. The molecule has 0 aliphatic heterocycles.